The Bertz CT molecular complexity index is 1040. The van der Waals surface area contributed by atoms with E-state index in [0.717, 1.165) is 22.3 Å². The highest BCUT2D eigenvalue weighted by molar-refractivity contribution is 7.99. The van der Waals surface area contributed by atoms with E-state index in [9.17, 15) is 9.59 Å². The van der Waals surface area contributed by atoms with Crippen molar-refractivity contribution in [3.8, 4) is 0 Å². The van der Waals surface area contributed by atoms with Crippen molar-refractivity contribution >= 4 is 45.9 Å². The van der Waals surface area contributed by atoms with Gasteiger partial charge in [-0.25, -0.2) is 0 Å². The SMILES string of the molecule is CC(=O)Nc1ccc(NC(=O)c2oc3ccccc3c2CSC2CCCCC2)cc1. The Morgan fingerprint density at radius 2 is 1.63 bits per heavy atom. The van der Waals surface area contributed by atoms with Gasteiger partial charge in [0.1, 0.15) is 5.58 Å². The molecule has 30 heavy (non-hydrogen) atoms. The van der Waals surface area contributed by atoms with Crippen molar-refractivity contribution in [3.05, 3.63) is 59.9 Å². The van der Waals surface area contributed by atoms with Gasteiger partial charge in [0, 0.05) is 40.3 Å². The second-order valence-corrected chi connectivity index (χ2v) is 8.98. The monoisotopic (exact) mass is 422 g/mol. The van der Waals surface area contributed by atoms with Gasteiger partial charge in [-0.05, 0) is 43.2 Å². The van der Waals surface area contributed by atoms with Crippen molar-refractivity contribution in [1.82, 2.24) is 0 Å². The average molecular weight is 423 g/mol. The molecule has 1 aliphatic rings. The zero-order valence-electron chi connectivity index (χ0n) is 17.1. The normalized spacial score (nSPS) is 14.6. The van der Waals surface area contributed by atoms with Gasteiger partial charge < -0.3 is 15.1 Å². The quantitative estimate of drug-likeness (QED) is 0.495. The Kier molecular flexibility index (Phi) is 6.43. The minimum atomic E-state index is -0.252. The van der Waals surface area contributed by atoms with Gasteiger partial charge in [0.05, 0.1) is 0 Å². The molecule has 1 fully saturated rings. The van der Waals surface area contributed by atoms with Crippen LogP contribution in [0.4, 0.5) is 11.4 Å². The third kappa shape index (κ3) is 4.87. The fourth-order valence-electron chi connectivity index (χ4n) is 3.89. The van der Waals surface area contributed by atoms with Crippen LogP contribution in [0.5, 0.6) is 0 Å². The maximum Gasteiger partial charge on any atom is 0.291 e. The average Bonchev–Trinajstić information content (AvgIpc) is 3.13. The number of fused-ring (bicyclic) bond motifs is 1. The minimum Gasteiger partial charge on any atom is -0.451 e. The largest absolute Gasteiger partial charge is 0.451 e. The first-order valence-corrected chi connectivity index (χ1v) is 11.5. The minimum absolute atomic E-state index is 0.130. The maximum atomic E-state index is 13.0. The van der Waals surface area contributed by atoms with Gasteiger partial charge in [0.25, 0.3) is 5.91 Å². The van der Waals surface area contributed by atoms with Crippen LogP contribution in [0.25, 0.3) is 11.0 Å². The van der Waals surface area contributed by atoms with Crippen LogP contribution in [0.2, 0.25) is 0 Å². The lowest BCUT2D eigenvalue weighted by molar-refractivity contribution is -0.114. The van der Waals surface area contributed by atoms with E-state index in [2.05, 4.69) is 10.6 Å². The number of hydrogen-bond acceptors (Lipinski definition) is 4. The number of thioether (sulfide) groups is 1. The van der Waals surface area contributed by atoms with Gasteiger partial charge in [-0.2, -0.15) is 11.8 Å². The van der Waals surface area contributed by atoms with Crippen LogP contribution < -0.4 is 10.6 Å². The van der Waals surface area contributed by atoms with Crippen molar-refractivity contribution in [3.63, 3.8) is 0 Å². The molecule has 0 atom stereocenters. The Labute approximate surface area is 180 Å². The number of amides is 2. The summed E-state index contributed by atoms with van der Waals surface area (Å²) in [4.78, 5) is 24.2. The van der Waals surface area contributed by atoms with Crippen molar-refractivity contribution in [2.24, 2.45) is 0 Å². The smallest absolute Gasteiger partial charge is 0.291 e. The number of benzene rings is 2. The van der Waals surface area contributed by atoms with E-state index in [1.807, 2.05) is 36.0 Å². The predicted octanol–water partition coefficient (Wildman–Crippen LogP) is 6.21. The summed E-state index contributed by atoms with van der Waals surface area (Å²) in [6.45, 7) is 1.46. The summed E-state index contributed by atoms with van der Waals surface area (Å²) >= 11 is 1.94. The molecule has 0 spiro atoms. The van der Waals surface area contributed by atoms with E-state index >= 15 is 0 Å². The fourth-order valence-corrected chi connectivity index (χ4v) is 5.24. The predicted molar refractivity (Wildman–Crippen MR) is 123 cm³/mol. The van der Waals surface area contributed by atoms with Crippen molar-refractivity contribution < 1.29 is 14.0 Å². The van der Waals surface area contributed by atoms with E-state index in [1.165, 1.54) is 39.0 Å². The summed E-state index contributed by atoms with van der Waals surface area (Å²) in [6.07, 6.45) is 6.43. The molecule has 1 aliphatic carbocycles. The number of anilines is 2. The molecule has 1 saturated carbocycles. The van der Waals surface area contributed by atoms with Gasteiger partial charge in [0.2, 0.25) is 5.91 Å². The summed E-state index contributed by atoms with van der Waals surface area (Å²) in [6, 6.07) is 14.9. The molecule has 2 N–H and O–H groups in total. The van der Waals surface area contributed by atoms with Crippen molar-refractivity contribution in [2.75, 3.05) is 10.6 Å². The van der Waals surface area contributed by atoms with Crippen LogP contribution in [0.15, 0.2) is 52.9 Å². The third-order valence-electron chi connectivity index (χ3n) is 5.38. The first-order valence-electron chi connectivity index (χ1n) is 10.4. The van der Waals surface area contributed by atoms with E-state index in [4.69, 9.17) is 4.42 Å². The highest BCUT2D eigenvalue weighted by Crippen LogP contribution is 2.35. The van der Waals surface area contributed by atoms with Gasteiger partial charge in [-0.1, -0.05) is 37.5 Å². The third-order valence-corrected chi connectivity index (χ3v) is 6.78. The molecule has 3 aromatic rings. The molecular weight excluding hydrogens is 396 g/mol. The summed E-state index contributed by atoms with van der Waals surface area (Å²) in [5.74, 6) is 0.767. The molecule has 0 aliphatic heterocycles. The highest BCUT2D eigenvalue weighted by Gasteiger charge is 2.22. The zero-order valence-corrected chi connectivity index (χ0v) is 17.9. The number of carbonyl (C=O) groups excluding carboxylic acids is 2. The topological polar surface area (TPSA) is 71.3 Å². The molecule has 1 heterocycles. The maximum absolute atomic E-state index is 13.0. The van der Waals surface area contributed by atoms with E-state index in [1.54, 1.807) is 24.3 Å². The van der Waals surface area contributed by atoms with Crippen LogP contribution in [-0.2, 0) is 10.5 Å². The highest BCUT2D eigenvalue weighted by atomic mass is 32.2. The van der Waals surface area contributed by atoms with Crippen molar-refractivity contribution in [2.45, 2.75) is 50.0 Å². The molecule has 1 aromatic heterocycles. The molecule has 0 bridgehead atoms. The lowest BCUT2D eigenvalue weighted by Gasteiger charge is -2.20. The summed E-state index contributed by atoms with van der Waals surface area (Å²) < 4.78 is 5.97. The van der Waals surface area contributed by atoms with Crippen LogP contribution in [0.3, 0.4) is 0 Å². The fraction of sp³-hybridized carbons (Fsp3) is 0.333. The van der Waals surface area contributed by atoms with Gasteiger partial charge in [0.15, 0.2) is 5.76 Å². The second kappa shape index (κ2) is 9.39. The number of carbonyl (C=O) groups is 2. The molecule has 2 amide bonds. The van der Waals surface area contributed by atoms with Crippen LogP contribution in [0, 0.1) is 0 Å². The summed E-state index contributed by atoms with van der Waals surface area (Å²) in [7, 11) is 0. The number of para-hydroxylation sites is 1. The number of furan rings is 1. The number of rotatable bonds is 6. The van der Waals surface area contributed by atoms with Gasteiger partial charge >= 0.3 is 0 Å². The Morgan fingerprint density at radius 1 is 0.967 bits per heavy atom. The van der Waals surface area contributed by atoms with Crippen LogP contribution in [0.1, 0.15) is 55.1 Å². The molecule has 0 radical (unpaired) electrons. The van der Waals surface area contributed by atoms with Crippen molar-refractivity contribution in [1.29, 1.82) is 0 Å². The lowest BCUT2D eigenvalue weighted by Crippen LogP contribution is -2.14. The Balaban J connectivity index is 1.53. The summed E-state index contributed by atoms with van der Waals surface area (Å²) in [5, 5.41) is 7.31. The lowest BCUT2D eigenvalue weighted by atomic mass is 10.0. The van der Waals surface area contributed by atoms with E-state index in [-0.39, 0.29) is 11.8 Å². The number of nitrogens with one attached hydrogen (secondary N) is 2. The van der Waals surface area contributed by atoms with Gasteiger partial charge in [-0.15, -0.1) is 0 Å². The van der Waals surface area contributed by atoms with Crippen LogP contribution >= 0.6 is 11.8 Å². The van der Waals surface area contributed by atoms with Crippen LogP contribution in [-0.4, -0.2) is 17.1 Å². The molecule has 156 valence electrons. The first kappa shape index (κ1) is 20.5. The molecular formula is C24H26N2O3S. The number of hydrogen-bond donors (Lipinski definition) is 2. The first-order chi connectivity index (χ1) is 14.6. The molecule has 4 rings (SSSR count). The molecule has 0 saturated heterocycles. The zero-order chi connectivity index (χ0) is 20.9. The Morgan fingerprint density at radius 3 is 2.33 bits per heavy atom. The molecule has 5 nitrogen and oxygen atoms in total. The van der Waals surface area contributed by atoms with Gasteiger partial charge in [-0.3, -0.25) is 9.59 Å². The Hall–Kier alpha value is -2.73. The molecule has 2 aromatic carbocycles. The van der Waals surface area contributed by atoms with E-state index < -0.39 is 0 Å². The molecule has 0 unspecified atom stereocenters. The standard InChI is InChI=1S/C24H26N2O3S/c1-16(27)25-17-11-13-18(14-12-17)26-24(28)23-21(15-30-19-7-3-2-4-8-19)20-9-5-6-10-22(20)29-23/h5-6,9-14,19H,2-4,7-8,15H2,1H3,(H,25,27)(H,26,28). The summed E-state index contributed by atoms with van der Waals surface area (Å²) in [5.41, 5.74) is 3.05. The molecule has 6 heteroatoms. The second-order valence-electron chi connectivity index (χ2n) is 7.69. The van der Waals surface area contributed by atoms with E-state index in [0.29, 0.717) is 22.4 Å².